The Kier molecular flexibility index (Phi) is 14.3. The number of carbonyl (C=O) groups is 1. The largest absolute Gasteiger partial charge is 0.383 e. The first kappa shape index (κ1) is 35.3. The number of piperidine rings is 1. The minimum Gasteiger partial charge on any atom is -0.383 e. The van der Waals surface area contributed by atoms with E-state index in [1.165, 1.54) is 57.8 Å². The summed E-state index contributed by atoms with van der Waals surface area (Å²) in [7, 11) is 1.78. The van der Waals surface area contributed by atoms with E-state index < -0.39 is 12.1 Å². The zero-order chi connectivity index (χ0) is 30.7. The second-order valence-electron chi connectivity index (χ2n) is 14.3. The van der Waals surface area contributed by atoms with Crippen LogP contribution in [0.15, 0.2) is 0 Å². The highest BCUT2D eigenvalue weighted by atomic mass is 35.5. The SMILES string of the molecule is CCCCCCC1(N2CCN(CCOC)CC2)CCNCC1NC(=O)C(C(N)N)C1CC2(CCCCC2)CCC(Cl)CN1. The van der Waals surface area contributed by atoms with E-state index in [-0.39, 0.29) is 34.3 Å². The van der Waals surface area contributed by atoms with Gasteiger partial charge in [0, 0.05) is 69.9 Å². The van der Waals surface area contributed by atoms with Gasteiger partial charge in [0.15, 0.2) is 0 Å². The molecule has 4 fully saturated rings. The van der Waals surface area contributed by atoms with Gasteiger partial charge in [-0.25, -0.2) is 0 Å². The summed E-state index contributed by atoms with van der Waals surface area (Å²) < 4.78 is 5.35. The van der Waals surface area contributed by atoms with Gasteiger partial charge in [-0.05, 0) is 56.9 Å². The number of amides is 1. The number of unbranched alkanes of at least 4 members (excludes halogenated alkanes) is 3. The molecule has 5 unspecified atom stereocenters. The minimum absolute atomic E-state index is 0.00974. The maximum atomic E-state index is 14.4. The van der Waals surface area contributed by atoms with E-state index in [1.807, 2.05) is 0 Å². The van der Waals surface area contributed by atoms with Gasteiger partial charge in [0.05, 0.1) is 24.7 Å². The molecule has 3 aliphatic heterocycles. The molecule has 1 saturated carbocycles. The molecule has 4 rings (SSSR count). The van der Waals surface area contributed by atoms with Gasteiger partial charge in [-0.15, -0.1) is 11.6 Å². The van der Waals surface area contributed by atoms with Gasteiger partial charge in [-0.1, -0.05) is 51.9 Å². The average Bonchev–Trinajstić information content (AvgIpc) is 3.01. The number of hydrogen-bond donors (Lipinski definition) is 5. The molecule has 3 heterocycles. The van der Waals surface area contributed by atoms with Crippen molar-refractivity contribution in [1.82, 2.24) is 25.8 Å². The third-order valence-corrected chi connectivity index (χ3v) is 11.8. The van der Waals surface area contributed by atoms with Crippen molar-refractivity contribution in [1.29, 1.82) is 0 Å². The molecule has 4 aliphatic rings. The van der Waals surface area contributed by atoms with Crippen molar-refractivity contribution in [2.24, 2.45) is 22.8 Å². The summed E-state index contributed by atoms with van der Waals surface area (Å²) in [5.74, 6) is -0.484. The second kappa shape index (κ2) is 17.4. The Balaban J connectivity index is 1.53. The normalized spacial score (nSPS) is 31.9. The van der Waals surface area contributed by atoms with Gasteiger partial charge in [0.2, 0.25) is 5.91 Å². The zero-order valence-corrected chi connectivity index (χ0v) is 28.1. The van der Waals surface area contributed by atoms with Crippen molar-refractivity contribution >= 4 is 17.5 Å². The van der Waals surface area contributed by atoms with Crippen LogP contribution in [0.1, 0.15) is 96.8 Å². The third-order valence-electron chi connectivity index (χ3n) is 11.4. The van der Waals surface area contributed by atoms with Gasteiger partial charge in [0.25, 0.3) is 0 Å². The van der Waals surface area contributed by atoms with Gasteiger partial charge in [-0.2, -0.15) is 0 Å². The Labute approximate surface area is 267 Å². The van der Waals surface area contributed by atoms with Crippen LogP contribution in [0, 0.1) is 11.3 Å². The van der Waals surface area contributed by atoms with E-state index in [1.54, 1.807) is 7.11 Å². The molecule has 7 N–H and O–H groups in total. The average molecular weight is 626 g/mol. The van der Waals surface area contributed by atoms with Gasteiger partial charge in [-0.3, -0.25) is 14.6 Å². The van der Waals surface area contributed by atoms with Crippen LogP contribution in [0.3, 0.4) is 0 Å². The highest BCUT2D eigenvalue weighted by Crippen LogP contribution is 2.46. The number of nitrogens with one attached hydrogen (secondary N) is 3. The summed E-state index contributed by atoms with van der Waals surface area (Å²) in [4.78, 5) is 19.6. The summed E-state index contributed by atoms with van der Waals surface area (Å²) in [5, 5.41) is 11.0. The molecule has 43 heavy (non-hydrogen) atoms. The van der Waals surface area contributed by atoms with Crippen LogP contribution in [0.5, 0.6) is 0 Å². The number of rotatable bonds is 13. The van der Waals surface area contributed by atoms with Crippen molar-refractivity contribution in [3.05, 3.63) is 0 Å². The summed E-state index contributed by atoms with van der Waals surface area (Å²) >= 11 is 6.76. The predicted octanol–water partition coefficient (Wildman–Crippen LogP) is 3.00. The lowest BCUT2D eigenvalue weighted by Crippen LogP contribution is -2.72. The van der Waals surface area contributed by atoms with Crippen LogP contribution in [0.2, 0.25) is 0 Å². The fraction of sp³-hybridized carbons (Fsp3) is 0.970. The molecule has 0 aromatic heterocycles. The number of halogens is 1. The summed E-state index contributed by atoms with van der Waals surface area (Å²) in [6.45, 7) is 10.6. The number of piperazine rings is 1. The van der Waals surface area contributed by atoms with Crippen molar-refractivity contribution in [2.75, 3.05) is 66.1 Å². The molecule has 5 atom stereocenters. The quantitative estimate of drug-likeness (QED) is 0.120. The Bertz CT molecular complexity index is 821. The van der Waals surface area contributed by atoms with Crippen LogP contribution in [0.25, 0.3) is 0 Å². The van der Waals surface area contributed by atoms with E-state index in [0.29, 0.717) is 6.54 Å². The Morgan fingerprint density at radius 3 is 2.51 bits per heavy atom. The van der Waals surface area contributed by atoms with Crippen LogP contribution in [-0.2, 0) is 9.53 Å². The number of alkyl halides is 1. The molecule has 10 heteroatoms. The standard InChI is InChI=1S/C33H64ClN7O2/c1-3-4-5-9-13-33(41-19-17-40(18-20-41)21-22-43-2)15-16-37-25-28(33)39-31(42)29(30(35)36)27-23-32(11-7-6-8-12-32)14-10-26(34)24-38-27/h26-30,37-38H,3-25,35-36H2,1-2H3,(H,39,42). The molecule has 0 radical (unpaired) electrons. The molecule has 250 valence electrons. The number of nitrogens with two attached hydrogens (primary N) is 2. The topological polar surface area (TPSA) is 121 Å². The molecule has 1 spiro atoms. The fourth-order valence-corrected chi connectivity index (χ4v) is 9.02. The first-order chi connectivity index (χ1) is 20.8. The zero-order valence-electron chi connectivity index (χ0n) is 27.4. The van der Waals surface area contributed by atoms with Crippen LogP contribution >= 0.6 is 11.6 Å². The molecule has 0 aromatic carbocycles. The van der Waals surface area contributed by atoms with Crippen molar-refractivity contribution in [2.45, 2.75) is 126 Å². The summed E-state index contributed by atoms with van der Waals surface area (Å²) in [6.07, 6.45) is 15.7. The van der Waals surface area contributed by atoms with Crippen molar-refractivity contribution < 1.29 is 9.53 Å². The Morgan fingerprint density at radius 1 is 1.05 bits per heavy atom. The monoisotopic (exact) mass is 625 g/mol. The number of nitrogens with zero attached hydrogens (tertiary/aromatic N) is 2. The second-order valence-corrected chi connectivity index (χ2v) is 14.9. The van der Waals surface area contributed by atoms with E-state index in [0.717, 1.165) is 84.5 Å². The highest BCUT2D eigenvalue weighted by molar-refractivity contribution is 6.20. The molecule has 1 amide bonds. The first-order valence-electron chi connectivity index (χ1n) is 17.7. The van der Waals surface area contributed by atoms with Crippen LogP contribution < -0.4 is 27.4 Å². The lowest BCUT2D eigenvalue weighted by atomic mass is 9.65. The van der Waals surface area contributed by atoms with E-state index in [2.05, 4.69) is 32.7 Å². The van der Waals surface area contributed by atoms with Crippen molar-refractivity contribution in [3.63, 3.8) is 0 Å². The highest BCUT2D eigenvalue weighted by Gasteiger charge is 2.48. The number of carbonyl (C=O) groups excluding carboxylic acids is 1. The van der Waals surface area contributed by atoms with E-state index >= 15 is 0 Å². The molecule has 0 aromatic rings. The van der Waals surface area contributed by atoms with E-state index in [4.69, 9.17) is 27.8 Å². The fourth-order valence-electron chi connectivity index (χ4n) is 8.82. The molecule has 0 bridgehead atoms. The summed E-state index contributed by atoms with van der Waals surface area (Å²) in [5.41, 5.74) is 13.2. The minimum atomic E-state index is -0.730. The van der Waals surface area contributed by atoms with Crippen LogP contribution in [-0.4, -0.2) is 111 Å². The lowest BCUT2D eigenvalue weighted by Gasteiger charge is -2.54. The van der Waals surface area contributed by atoms with Gasteiger partial charge in [0.1, 0.15) is 0 Å². The third kappa shape index (κ3) is 9.50. The lowest BCUT2D eigenvalue weighted by molar-refractivity contribution is -0.130. The van der Waals surface area contributed by atoms with Gasteiger partial charge >= 0.3 is 0 Å². The smallest absolute Gasteiger partial charge is 0.227 e. The predicted molar refractivity (Wildman–Crippen MR) is 177 cm³/mol. The van der Waals surface area contributed by atoms with Gasteiger partial charge < -0.3 is 32.2 Å². The molecule has 9 nitrogen and oxygen atoms in total. The maximum Gasteiger partial charge on any atom is 0.227 e. The molecule has 3 saturated heterocycles. The van der Waals surface area contributed by atoms with Crippen molar-refractivity contribution in [3.8, 4) is 0 Å². The number of hydrogen-bond acceptors (Lipinski definition) is 8. The molecular formula is C33H64ClN7O2. The Hall–Kier alpha value is -0.520. The molecular weight excluding hydrogens is 562 g/mol. The van der Waals surface area contributed by atoms with Crippen LogP contribution in [0.4, 0.5) is 0 Å². The molecule has 1 aliphatic carbocycles. The number of methoxy groups -OCH3 is 1. The maximum absolute atomic E-state index is 14.4. The summed E-state index contributed by atoms with van der Waals surface area (Å²) in [6, 6.07) is -0.0559. The number of ether oxygens (including phenoxy) is 1. The van der Waals surface area contributed by atoms with E-state index in [9.17, 15) is 4.79 Å². The first-order valence-corrected chi connectivity index (χ1v) is 18.1. The Morgan fingerprint density at radius 2 is 1.81 bits per heavy atom.